The number of piperidine rings is 1. The van der Waals surface area contributed by atoms with Gasteiger partial charge in [0.25, 0.3) is 0 Å². The highest BCUT2D eigenvalue weighted by molar-refractivity contribution is 7.89. The van der Waals surface area contributed by atoms with Crippen molar-refractivity contribution < 1.29 is 8.42 Å². The lowest BCUT2D eigenvalue weighted by Crippen LogP contribution is -2.39. The summed E-state index contributed by atoms with van der Waals surface area (Å²) in [4.78, 5) is 0. The average molecular weight is 262 g/mol. The fourth-order valence-corrected chi connectivity index (χ4v) is 3.37. The third kappa shape index (κ3) is 7.01. The Hall–Kier alpha value is -0.130. The summed E-state index contributed by atoms with van der Waals surface area (Å²) in [5.41, 5.74) is 0.0706. The molecule has 0 aromatic heterocycles. The molecule has 0 aliphatic carbocycles. The van der Waals surface area contributed by atoms with Crippen molar-refractivity contribution >= 4 is 10.0 Å². The van der Waals surface area contributed by atoms with Crippen LogP contribution in [-0.4, -0.2) is 33.8 Å². The molecule has 0 amide bonds. The first-order valence-electron chi connectivity index (χ1n) is 6.47. The van der Waals surface area contributed by atoms with Crippen molar-refractivity contribution in [2.45, 2.75) is 40.0 Å². The second-order valence-electron chi connectivity index (χ2n) is 6.19. The van der Waals surface area contributed by atoms with Crippen LogP contribution in [0.15, 0.2) is 0 Å². The normalized spacial score (nSPS) is 22.6. The van der Waals surface area contributed by atoms with E-state index in [4.69, 9.17) is 0 Å². The van der Waals surface area contributed by atoms with Crippen LogP contribution >= 0.6 is 0 Å². The van der Waals surface area contributed by atoms with Crippen LogP contribution in [0.4, 0.5) is 0 Å². The van der Waals surface area contributed by atoms with Crippen LogP contribution in [0.2, 0.25) is 0 Å². The molecule has 0 aromatic carbocycles. The first-order chi connectivity index (χ1) is 7.79. The second kappa shape index (κ2) is 6.16. The number of nitrogens with one attached hydrogen (secondary N) is 2. The zero-order valence-electron chi connectivity index (χ0n) is 11.3. The van der Waals surface area contributed by atoms with E-state index in [0.717, 1.165) is 25.9 Å². The molecule has 102 valence electrons. The lowest BCUT2D eigenvalue weighted by Gasteiger charge is -2.23. The summed E-state index contributed by atoms with van der Waals surface area (Å²) in [6.45, 7) is 8.77. The summed E-state index contributed by atoms with van der Waals surface area (Å²) in [6, 6.07) is 0. The number of sulfonamides is 1. The quantitative estimate of drug-likeness (QED) is 0.786. The highest BCUT2D eigenvalue weighted by atomic mass is 32.2. The summed E-state index contributed by atoms with van der Waals surface area (Å²) in [5.74, 6) is 0.685. The number of hydrogen-bond donors (Lipinski definition) is 2. The lowest BCUT2D eigenvalue weighted by atomic mass is 9.94. The third-order valence-corrected chi connectivity index (χ3v) is 4.46. The molecule has 0 bridgehead atoms. The SMILES string of the molecule is CC(C)(C)CCS(=O)(=O)NCC1CCCNC1. The van der Waals surface area contributed by atoms with Crippen molar-refractivity contribution in [1.29, 1.82) is 0 Å². The van der Waals surface area contributed by atoms with Gasteiger partial charge >= 0.3 is 0 Å². The van der Waals surface area contributed by atoms with Crippen LogP contribution in [0, 0.1) is 11.3 Å². The van der Waals surface area contributed by atoms with E-state index in [1.165, 1.54) is 0 Å². The molecule has 4 nitrogen and oxygen atoms in total. The van der Waals surface area contributed by atoms with Gasteiger partial charge in [0.15, 0.2) is 0 Å². The van der Waals surface area contributed by atoms with Gasteiger partial charge in [-0.3, -0.25) is 0 Å². The second-order valence-corrected chi connectivity index (χ2v) is 8.12. The standard InChI is InChI=1S/C12H26N2O2S/c1-12(2,3)6-8-17(15,16)14-10-11-5-4-7-13-9-11/h11,13-14H,4-10H2,1-3H3. The number of hydrogen-bond acceptors (Lipinski definition) is 3. The van der Waals surface area contributed by atoms with Crippen LogP contribution in [0.5, 0.6) is 0 Å². The Balaban J connectivity index is 2.28. The van der Waals surface area contributed by atoms with E-state index < -0.39 is 10.0 Å². The van der Waals surface area contributed by atoms with Crippen molar-refractivity contribution in [3.05, 3.63) is 0 Å². The molecule has 0 saturated carbocycles. The average Bonchev–Trinajstić information content (AvgIpc) is 2.25. The molecule has 5 heteroatoms. The molecule has 1 atom stereocenters. The molecular formula is C12H26N2O2S. The molecule has 0 spiro atoms. The van der Waals surface area contributed by atoms with E-state index in [0.29, 0.717) is 18.9 Å². The Morgan fingerprint density at radius 2 is 2.06 bits per heavy atom. The van der Waals surface area contributed by atoms with E-state index in [9.17, 15) is 8.42 Å². The molecule has 1 rings (SSSR count). The van der Waals surface area contributed by atoms with Gasteiger partial charge in [0.1, 0.15) is 0 Å². The fraction of sp³-hybridized carbons (Fsp3) is 1.00. The van der Waals surface area contributed by atoms with Crippen molar-refractivity contribution in [2.75, 3.05) is 25.4 Å². The molecule has 2 N–H and O–H groups in total. The first kappa shape index (κ1) is 14.9. The van der Waals surface area contributed by atoms with E-state index in [2.05, 4.69) is 30.8 Å². The molecule has 17 heavy (non-hydrogen) atoms. The molecule has 1 saturated heterocycles. The Morgan fingerprint density at radius 3 is 2.59 bits per heavy atom. The molecule has 1 heterocycles. The topological polar surface area (TPSA) is 58.2 Å². The van der Waals surface area contributed by atoms with Crippen molar-refractivity contribution in [1.82, 2.24) is 10.0 Å². The molecule has 1 aliphatic heterocycles. The molecule has 0 radical (unpaired) electrons. The molecule has 1 aliphatic rings. The Kier molecular flexibility index (Phi) is 5.41. The van der Waals surface area contributed by atoms with Gasteiger partial charge in [0, 0.05) is 6.54 Å². The van der Waals surface area contributed by atoms with Gasteiger partial charge in [0.2, 0.25) is 10.0 Å². The zero-order valence-corrected chi connectivity index (χ0v) is 12.1. The highest BCUT2D eigenvalue weighted by Gasteiger charge is 2.19. The summed E-state index contributed by atoms with van der Waals surface area (Å²) in [7, 11) is -3.09. The van der Waals surface area contributed by atoms with Crippen LogP contribution in [-0.2, 0) is 10.0 Å². The summed E-state index contributed by atoms with van der Waals surface area (Å²) >= 11 is 0. The minimum Gasteiger partial charge on any atom is -0.316 e. The smallest absolute Gasteiger partial charge is 0.211 e. The van der Waals surface area contributed by atoms with Gasteiger partial charge in [-0.05, 0) is 43.7 Å². The van der Waals surface area contributed by atoms with E-state index in [-0.39, 0.29) is 11.2 Å². The highest BCUT2D eigenvalue weighted by Crippen LogP contribution is 2.19. The van der Waals surface area contributed by atoms with Crippen molar-refractivity contribution in [3.63, 3.8) is 0 Å². The van der Waals surface area contributed by atoms with Crippen LogP contribution in [0.1, 0.15) is 40.0 Å². The minimum atomic E-state index is -3.09. The van der Waals surface area contributed by atoms with Crippen LogP contribution < -0.4 is 10.0 Å². The van der Waals surface area contributed by atoms with Crippen molar-refractivity contribution in [3.8, 4) is 0 Å². The Bertz CT molecular complexity index is 314. The fourth-order valence-electron chi connectivity index (χ4n) is 1.86. The predicted molar refractivity (Wildman–Crippen MR) is 71.5 cm³/mol. The van der Waals surface area contributed by atoms with Crippen LogP contribution in [0.25, 0.3) is 0 Å². The monoisotopic (exact) mass is 262 g/mol. The van der Waals surface area contributed by atoms with E-state index in [1.54, 1.807) is 0 Å². The summed E-state index contributed by atoms with van der Waals surface area (Å²) < 4.78 is 26.3. The molecule has 0 aromatic rings. The number of rotatable bonds is 5. The minimum absolute atomic E-state index is 0.0706. The molecule has 1 fully saturated rings. The Morgan fingerprint density at radius 1 is 1.35 bits per heavy atom. The largest absolute Gasteiger partial charge is 0.316 e. The Labute approximate surface area is 106 Å². The van der Waals surface area contributed by atoms with E-state index in [1.807, 2.05) is 0 Å². The third-order valence-electron chi connectivity index (χ3n) is 3.11. The van der Waals surface area contributed by atoms with Crippen molar-refractivity contribution in [2.24, 2.45) is 11.3 Å². The van der Waals surface area contributed by atoms with Gasteiger partial charge in [-0.25, -0.2) is 13.1 Å². The maximum atomic E-state index is 11.8. The maximum Gasteiger partial charge on any atom is 0.211 e. The van der Waals surface area contributed by atoms with Gasteiger partial charge in [0.05, 0.1) is 5.75 Å². The summed E-state index contributed by atoms with van der Waals surface area (Å²) in [5, 5.41) is 3.29. The van der Waals surface area contributed by atoms with Gasteiger partial charge in [-0.15, -0.1) is 0 Å². The first-order valence-corrected chi connectivity index (χ1v) is 8.12. The van der Waals surface area contributed by atoms with E-state index >= 15 is 0 Å². The van der Waals surface area contributed by atoms with Gasteiger partial charge < -0.3 is 5.32 Å². The molecular weight excluding hydrogens is 236 g/mol. The van der Waals surface area contributed by atoms with Gasteiger partial charge in [-0.1, -0.05) is 20.8 Å². The maximum absolute atomic E-state index is 11.8. The predicted octanol–water partition coefficient (Wildman–Crippen LogP) is 1.34. The van der Waals surface area contributed by atoms with Crippen LogP contribution in [0.3, 0.4) is 0 Å². The zero-order chi connectivity index (χ0) is 12.9. The molecule has 1 unspecified atom stereocenters. The summed E-state index contributed by atoms with van der Waals surface area (Å²) in [6.07, 6.45) is 2.97. The lowest BCUT2D eigenvalue weighted by molar-refractivity contribution is 0.373. The van der Waals surface area contributed by atoms with Gasteiger partial charge in [-0.2, -0.15) is 0 Å².